The summed E-state index contributed by atoms with van der Waals surface area (Å²) in [5.41, 5.74) is 6.45. The van der Waals surface area contributed by atoms with Crippen LogP contribution in [0.3, 0.4) is 0 Å². The number of aromatic amines is 1. The second kappa shape index (κ2) is 13.3. The molecule has 0 bridgehead atoms. The number of aryl methyl sites for hydroxylation is 2. The monoisotopic (exact) mass is 490 g/mol. The third-order valence-electron chi connectivity index (χ3n) is 5.30. The second-order valence-electron chi connectivity index (χ2n) is 8.06. The van der Waals surface area contributed by atoms with Gasteiger partial charge in [-0.2, -0.15) is 0 Å². The molecule has 2 aromatic rings. The molecule has 1 aromatic carbocycles. The lowest BCUT2D eigenvalue weighted by molar-refractivity contribution is -0.148. The second-order valence-corrected chi connectivity index (χ2v) is 8.06. The number of carbonyl (C=O) groups excluding carboxylic acids is 2. The quantitative estimate of drug-likeness (QED) is 0.402. The summed E-state index contributed by atoms with van der Waals surface area (Å²) >= 11 is 0. The summed E-state index contributed by atoms with van der Waals surface area (Å²) in [6.45, 7) is 5.61. The highest BCUT2D eigenvalue weighted by Gasteiger charge is 2.25. The minimum Gasteiger partial charge on any atom is -0.493 e. The van der Waals surface area contributed by atoms with E-state index in [9.17, 15) is 19.2 Å². The van der Waals surface area contributed by atoms with E-state index < -0.39 is 29.7 Å². The first-order valence-electron chi connectivity index (χ1n) is 11.5. The minimum absolute atomic E-state index is 0.0259. The van der Waals surface area contributed by atoms with Gasteiger partial charge in [-0.3, -0.25) is 28.8 Å². The Kier molecular flexibility index (Phi) is 10.5. The summed E-state index contributed by atoms with van der Waals surface area (Å²) < 4.78 is 17.0. The van der Waals surface area contributed by atoms with Crippen LogP contribution in [0.4, 0.5) is 11.5 Å². The van der Waals surface area contributed by atoms with Gasteiger partial charge in [0.1, 0.15) is 11.6 Å². The number of nitrogens with two attached hydrogens (primary N) is 1. The van der Waals surface area contributed by atoms with Gasteiger partial charge in [0.05, 0.1) is 19.6 Å². The zero-order chi connectivity index (χ0) is 26.0. The van der Waals surface area contributed by atoms with Crippen LogP contribution in [0.2, 0.25) is 0 Å². The van der Waals surface area contributed by atoms with Crippen molar-refractivity contribution in [2.24, 2.45) is 0 Å². The van der Waals surface area contributed by atoms with E-state index >= 15 is 0 Å². The highest BCUT2D eigenvalue weighted by molar-refractivity contribution is 5.97. The number of hydrogen-bond acceptors (Lipinski definition) is 8. The molecule has 3 N–H and O–H groups in total. The number of methoxy groups -OCH3 is 1. The highest BCUT2D eigenvalue weighted by Crippen LogP contribution is 2.20. The zero-order valence-electron chi connectivity index (χ0n) is 20.7. The number of nitrogens with zero attached hydrogens (tertiary/aromatic N) is 2. The smallest absolute Gasteiger partial charge is 0.330 e. The van der Waals surface area contributed by atoms with E-state index in [1.165, 1.54) is 11.7 Å². The molecule has 1 aromatic heterocycles. The average molecular weight is 491 g/mol. The van der Waals surface area contributed by atoms with Crippen molar-refractivity contribution in [2.75, 3.05) is 44.1 Å². The van der Waals surface area contributed by atoms with Crippen LogP contribution in [0.5, 0.6) is 5.75 Å². The maximum absolute atomic E-state index is 12.9. The Morgan fingerprint density at radius 1 is 1.17 bits per heavy atom. The van der Waals surface area contributed by atoms with Crippen LogP contribution >= 0.6 is 0 Å². The number of anilines is 2. The standard InChI is InChI=1S/C24H34N4O7/c1-5-6-10-28-22(25)21(23(31)26-24(28)32)27(11-13-33-4)19(29)15-35-20(30)9-12-34-18-14-16(2)7-8-17(18)3/h7-8,14H,5-6,9-13,15,25H2,1-4H3,(H,26,31,32). The Labute approximate surface area is 203 Å². The van der Waals surface area contributed by atoms with E-state index in [4.69, 9.17) is 19.9 Å². The summed E-state index contributed by atoms with van der Waals surface area (Å²) in [7, 11) is 1.44. The van der Waals surface area contributed by atoms with Crippen LogP contribution in [0.15, 0.2) is 27.8 Å². The van der Waals surface area contributed by atoms with Gasteiger partial charge in [0.15, 0.2) is 12.3 Å². The molecule has 1 heterocycles. The van der Waals surface area contributed by atoms with Crippen LogP contribution in [0.25, 0.3) is 0 Å². The molecule has 0 fully saturated rings. The van der Waals surface area contributed by atoms with E-state index in [2.05, 4.69) is 4.98 Å². The SMILES string of the molecule is CCCCn1c(N)c(N(CCOC)C(=O)COC(=O)CCOc2cc(C)ccc2C)c(=O)[nH]c1=O. The molecule has 11 nitrogen and oxygen atoms in total. The molecular formula is C24H34N4O7. The molecule has 11 heteroatoms. The van der Waals surface area contributed by atoms with E-state index in [1.807, 2.05) is 39.0 Å². The fourth-order valence-corrected chi connectivity index (χ4v) is 3.32. The number of carbonyl (C=O) groups is 2. The van der Waals surface area contributed by atoms with Crippen LogP contribution in [0.1, 0.15) is 37.3 Å². The lowest BCUT2D eigenvalue weighted by atomic mass is 10.1. The van der Waals surface area contributed by atoms with Crippen molar-refractivity contribution in [1.82, 2.24) is 9.55 Å². The molecule has 35 heavy (non-hydrogen) atoms. The van der Waals surface area contributed by atoms with Gasteiger partial charge in [-0.25, -0.2) is 4.79 Å². The molecule has 192 valence electrons. The first-order chi connectivity index (χ1) is 16.7. The lowest BCUT2D eigenvalue weighted by Gasteiger charge is -2.24. The molecule has 2 rings (SSSR count). The molecular weight excluding hydrogens is 456 g/mol. The Morgan fingerprint density at radius 2 is 1.91 bits per heavy atom. The Hall–Kier alpha value is -3.60. The largest absolute Gasteiger partial charge is 0.493 e. The van der Waals surface area contributed by atoms with Gasteiger partial charge < -0.3 is 19.9 Å². The van der Waals surface area contributed by atoms with Crippen LogP contribution in [-0.4, -0.2) is 54.9 Å². The van der Waals surface area contributed by atoms with Crippen LogP contribution in [-0.2, 0) is 25.6 Å². The molecule has 0 spiro atoms. The van der Waals surface area contributed by atoms with Crippen molar-refractivity contribution in [2.45, 2.75) is 46.6 Å². The normalized spacial score (nSPS) is 10.7. The molecule has 0 radical (unpaired) electrons. The number of aromatic nitrogens is 2. The number of unbranched alkanes of at least 4 members (excludes halogenated alkanes) is 1. The van der Waals surface area contributed by atoms with E-state index in [1.54, 1.807) is 0 Å². The number of nitrogen functional groups attached to an aromatic ring is 1. The van der Waals surface area contributed by atoms with Crippen molar-refractivity contribution in [3.63, 3.8) is 0 Å². The molecule has 1 amide bonds. The number of amides is 1. The number of hydrogen-bond donors (Lipinski definition) is 2. The van der Waals surface area contributed by atoms with Crippen molar-refractivity contribution < 1.29 is 23.8 Å². The molecule has 0 aliphatic rings. The number of esters is 1. The van der Waals surface area contributed by atoms with Gasteiger partial charge in [0.25, 0.3) is 11.5 Å². The van der Waals surface area contributed by atoms with E-state index in [0.29, 0.717) is 12.2 Å². The molecule has 0 aliphatic heterocycles. The van der Waals surface area contributed by atoms with Crippen molar-refractivity contribution in [3.05, 3.63) is 50.2 Å². The fourth-order valence-electron chi connectivity index (χ4n) is 3.32. The maximum atomic E-state index is 12.9. The third kappa shape index (κ3) is 7.71. The predicted octanol–water partition coefficient (Wildman–Crippen LogP) is 1.53. The summed E-state index contributed by atoms with van der Waals surface area (Å²) in [6.07, 6.45) is 1.39. The zero-order valence-corrected chi connectivity index (χ0v) is 20.7. The Balaban J connectivity index is 2.08. The molecule has 0 atom stereocenters. The Bertz CT molecular complexity index is 1140. The van der Waals surface area contributed by atoms with Crippen molar-refractivity contribution in [1.29, 1.82) is 0 Å². The maximum Gasteiger partial charge on any atom is 0.330 e. The summed E-state index contributed by atoms with van der Waals surface area (Å²) in [5.74, 6) is -0.772. The van der Waals surface area contributed by atoms with Crippen LogP contribution in [0, 0.1) is 13.8 Å². The highest BCUT2D eigenvalue weighted by atomic mass is 16.5. The first-order valence-corrected chi connectivity index (χ1v) is 11.5. The minimum atomic E-state index is -0.807. The summed E-state index contributed by atoms with van der Waals surface area (Å²) in [5, 5.41) is 0. The topological polar surface area (TPSA) is 146 Å². The predicted molar refractivity (Wildman–Crippen MR) is 132 cm³/mol. The molecule has 0 aliphatic carbocycles. The molecule has 0 saturated heterocycles. The van der Waals surface area contributed by atoms with Gasteiger partial charge in [0.2, 0.25) is 0 Å². The van der Waals surface area contributed by atoms with Gasteiger partial charge in [0, 0.05) is 20.2 Å². The van der Waals surface area contributed by atoms with E-state index in [0.717, 1.165) is 22.4 Å². The summed E-state index contributed by atoms with van der Waals surface area (Å²) in [4.78, 5) is 53.1. The Morgan fingerprint density at radius 3 is 2.60 bits per heavy atom. The van der Waals surface area contributed by atoms with Gasteiger partial charge in [-0.1, -0.05) is 25.5 Å². The van der Waals surface area contributed by atoms with Crippen molar-refractivity contribution in [3.8, 4) is 5.75 Å². The molecule has 0 saturated carbocycles. The van der Waals surface area contributed by atoms with Gasteiger partial charge in [-0.15, -0.1) is 0 Å². The first kappa shape index (κ1) is 27.6. The lowest BCUT2D eigenvalue weighted by Crippen LogP contribution is -2.44. The summed E-state index contributed by atoms with van der Waals surface area (Å²) in [6, 6.07) is 5.76. The molecule has 0 unspecified atom stereocenters. The number of H-pyrrole nitrogens is 1. The fraction of sp³-hybridized carbons (Fsp3) is 0.500. The number of rotatable bonds is 13. The number of ether oxygens (including phenoxy) is 3. The van der Waals surface area contributed by atoms with Gasteiger partial charge in [-0.05, 0) is 37.5 Å². The number of benzene rings is 1. The number of nitrogens with one attached hydrogen (secondary N) is 1. The van der Waals surface area contributed by atoms with Gasteiger partial charge >= 0.3 is 11.7 Å². The van der Waals surface area contributed by atoms with Crippen LogP contribution < -0.4 is 26.6 Å². The average Bonchev–Trinajstić information content (AvgIpc) is 2.81. The van der Waals surface area contributed by atoms with Crippen molar-refractivity contribution >= 4 is 23.4 Å². The third-order valence-corrected chi connectivity index (χ3v) is 5.30. The van der Waals surface area contributed by atoms with E-state index in [-0.39, 0.29) is 44.2 Å².